The Morgan fingerprint density at radius 1 is 1.27 bits per heavy atom. The zero-order chi connectivity index (χ0) is 17.8. The highest BCUT2D eigenvalue weighted by atomic mass is 35.5. The molecule has 1 aromatic carbocycles. The molecule has 1 aliphatic rings. The third kappa shape index (κ3) is 4.92. The average molecular weight is 379 g/mol. The van der Waals surface area contributed by atoms with E-state index in [1.165, 1.54) is 16.9 Å². The van der Waals surface area contributed by atoms with Gasteiger partial charge in [0.25, 0.3) is 0 Å². The van der Waals surface area contributed by atoms with Gasteiger partial charge in [-0.1, -0.05) is 19.9 Å². The molecule has 0 bridgehead atoms. The Morgan fingerprint density at radius 3 is 2.65 bits per heavy atom. The summed E-state index contributed by atoms with van der Waals surface area (Å²) in [6.45, 7) is 7.48. The van der Waals surface area contributed by atoms with Crippen molar-refractivity contribution in [2.45, 2.75) is 45.2 Å². The van der Waals surface area contributed by atoms with Crippen LogP contribution < -0.4 is 15.0 Å². The molecule has 2 heterocycles. The zero-order valence-corrected chi connectivity index (χ0v) is 17.1. The van der Waals surface area contributed by atoms with Crippen LogP contribution in [0.4, 0.5) is 5.69 Å². The van der Waals surface area contributed by atoms with Crippen molar-refractivity contribution in [1.29, 1.82) is 0 Å². The van der Waals surface area contributed by atoms with Crippen molar-refractivity contribution >= 4 is 18.1 Å². The van der Waals surface area contributed by atoms with E-state index in [2.05, 4.69) is 53.6 Å². The lowest BCUT2D eigenvalue weighted by molar-refractivity contribution is 0.408. The predicted octanol–water partition coefficient (Wildman–Crippen LogP) is 3.73. The van der Waals surface area contributed by atoms with Gasteiger partial charge in [0.15, 0.2) is 0 Å². The minimum Gasteiger partial charge on any atom is -0.497 e. The first-order valence-electron chi connectivity index (χ1n) is 9.21. The minimum atomic E-state index is 0. The molecule has 1 saturated heterocycles. The van der Waals surface area contributed by atoms with Crippen LogP contribution in [0.15, 0.2) is 30.5 Å². The molecule has 1 aromatic heterocycles. The summed E-state index contributed by atoms with van der Waals surface area (Å²) < 4.78 is 7.27. The molecule has 0 amide bonds. The molecule has 0 unspecified atom stereocenters. The summed E-state index contributed by atoms with van der Waals surface area (Å²) >= 11 is 0. The summed E-state index contributed by atoms with van der Waals surface area (Å²) in [5.41, 5.74) is 3.80. The highest BCUT2D eigenvalue weighted by molar-refractivity contribution is 5.85. The standard InChI is InChI=1S/C20H30N4O.ClH/c1-15(2)20-16(14-23(3)22-20)13-21-17-8-10-24(11-9-17)18-6-5-7-19(12-18)25-4;/h5-7,12,14-15,17,21H,8-11,13H2,1-4H3;1H. The van der Waals surface area contributed by atoms with Gasteiger partial charge in [-0.2, -0.15) is 5.10 Å². The lowest BCUT2D eigenvalue weighted by Gasteiger charge is -2.34. The first-order valence-corrected chi connectivity index (χ1v) is 9.21. The largest absolute Gasteiger partial charge is 0.497 e. The Kier molecular flexibility index (Phi) is 7.35. The monoisotopic (exact) mass is 378 g/mol. The molecule has 6 heteroatoms. The van der Waals surface area contributed by atoms with Crippen LogP contribution in [-0.2, 0) is 13.6 Å². The van der Waals surface area contributed by atoms with Gasteiger partial charge in [0.2, 0.25) is 0 Å². The topological polar surface area (TPSA) is 42.3 Å². The number of hydrogen-bond donors (Lipinski definition) is 1. The molecular weight excluding hydrogens is 348 g/mol. The molecular formula is C20H31ClN4O. The first kappa shape index (κ1) is 20.6. The number of methoxy groups -OCH3 is 1. The molecule has 3 rings (SSSR count). The Balaban J connectivity index is 0.00000243. The van der Waals surface area contributed by atoms with Gasteiger partial charge >= 0.3 is 0 Å². The van der Waals surface area contributed by atoms with Crippen LogP contribution in [0.5, 0.6) is 5.75 Å². The second-order valence-corrected chi connectivity index (χ2v) is 7.21. The number of anilines is 1. The second-order valence-electron chi connectivity index (χ2n) is 7.21. The number of halogens is 1. The molecule has 1 N–H and O–H groups in total. The quantitative estimate of drug-likeness (QED) is 0.831. The van der Waals surface area contributed by atoms with Gasteiger partial charge in [-0.3, -0.25) is 4.68 Å². The van der Waals surface area contributed by atoms with E-state index in [9.17, 15) is 0 Å². The van der Waals surface area contributed by atoms with E-state index in [-0.39, 0.29) is 12.4 Å². The lowest BCUT2D eigenvalue weighted by atomic mass is 10.0. The van der Waals surface area contributed by atoms with Crippen LogP contribution in [0, 0.1) is 0 Å². The van der Waals surface area contributed by atoms with Crippen molar-refractivity contribution in [1.82, 2.24) is 15.1 Å². The van der Waals surface area contributed by atoms with Crippen molar-refractivity contribution in [2.75, 3.05) is 25.1 Å². The average Bonchev–Trinajstić information content (AvgIpc) is 3.01. The Bertz CT molecular complexity index is 693. The van der Waals surface area contributed by atoms with Crippen molar-refractivity contribution in [3.8, 4) is 5.75 Å². The number of aryl methyl sites for hydroxylation is 1. The summed E-state index contributed by atoms with van der Waals surface area (Å²) in [7, 11) is 3.72. The number of rotatable bonds is 6. The van der Waals surface area contributed by atoms with Crippen molar-refractivity contribution in [2.24, 2.45) is 7.05 Å². The molecule has 2 aromatic rings. The summed E-state index contributed by atoms with van der Waals surface area (Å²) in [5, 5.41) is 8.33. The molecule has 5 nitrogen and oxygen atoms in total. The van der Waals surface area contributed by atoms with Crippen LogP contribution >= 0.6 is 12.4 Å². The number of hydrogen-bond acceptors (Lipinski definition) is 4. The van der Waals surface area contributed by atoms with Crippen molar-refractivity contribution < 1.29 is 4.74 Å². The number of aromatic nitrogens is 2. The SMILES string of the molecule is COc1cccc(N2CCC(NCc3cn(C)nc3C(C)C)CC2)c1.Cl. The Morgan fingerprint density at radius 2 is 2.00 bits per heavy atom. The number of ether oxygens (including phenoxy) is 1. The molecule has 26 heavy (non-hydrogen) atoms. The van der Waals surface area contributed by atoms with E-state index in [1.54, 1.807) is 7.11 Å². The Hall–Kier alpha value is -1.72. The molecule has 1 fully saturated rings. The summed E-state index contributed by atoms with van der Waals surface area (Å²) in [5.74, 6) is 1.39. The normalized spacial score (nSPS) is 15.2. The molecule has 0 atom stereocenters. The highest BCUT2D eigenvalue weighted by Crippen LogP contribution is 2.24. The first-order chi connectivity index (χ1) is 12.1. The highest BCUT2D eigenvalue weighted by Gasteiger charge is 2.20. The van der Waals surface area contributed by atoms with E-state index in [0.29, 0.717) is 12.0 Å². The van der Waals surface area contributed by atoms with Gasteiger partial charge in [0.1, 0.15) is 5.75 Å². The minimum absolute atomic E-state index is 0. The summed E-state index contributed by atoms with van der Waals surface area (Å²) in [4.78, 5) is 2.45. The fourth-order valence-electron chi connectivity index (χ4n) is 3.58. The fourth-order valence-corrected chi connectivity index (χ4v) is 3.58. The molecule has 0 spiro atoms. The van der Waals surface area contributed by atoms with E-state index in [4.69, 9.17) is 4.74 Å². The molecule has 0 saturated carbocycles. The van der Waals surface area contributed by atoms with E-state index in [1.807, 2.05) is 17.8 Å². The third-order valence-corrected chi connectivity index (χ3v) is 4.98. The van der Waals surface area contributed by atoms with Crippen molar-refractivity contribution in [3.05, 3.63) is 41.7 Å². The van der Waals surface area contributed by atoms with Crippen LogP contribution in [0.1, 0.15) is 43.9 Å². The smallest absolute Gasteiger partial charge is 0.120 e. The predicted molar refractivity (Wildman–Crippen MR) is 110 cm³/mol. The van der Waals surface area contributed by atoms with E-state index < -0.39 is 0 Å². The van der Waals surface area contributed by atoms with Gasteiger partial charge in [0, 0.05) is 56.2 Å². The maximum absolute atomic E-state index is 5.34. The molecule has 144 valence electrons. The maximum Gasteiger partial charge on any atom is 0.120 e. The van der Waals surface area contributed by atoms with Gasteiger partial charge in [-0.25, -0.2) is 0 Å². The molecule has 0 radical (unpaired) electrons. The van der Waals surface area contributed by atoms with Crippen LogP contribution in [0.3, 0.4) is 0 Å². The zero-order valence-electron chi connectivity index (χ0n) is 16.2. The summed E-state index contributed by atoms with van der Waals surface area (Å²) in [6.07, 6.45) is 4.47. The van der Waals surface area contributed by atoms with Crippen LogP contribution in [-0.4, -0.2) is 36.0 Å². The van der Waals surface area contributed by atoms with E-state index in [0.717, 1.165) is 38.2 Å². The van der Waals surface area contributed by atoms with Crippen LogP contribution in [0.2, 0.25) is 0 Å². The third-order valence-electron chi connectivity index (χ3n) is 4.98. The van der Waals surface area contributed by atoms with Crippen molar-refractivity contribution in [3.63, 3.8) is 0 Å². The van der Waals surface area contributed by atoms with Gasteiger partial charge < -0.3 is 15.0 Å². The Labute approximate surface area is 163 Å². The lowest BCUT2D eigenvalue weighted by Crippen LogP contribution is -2.42. The maximum atomic E-state index is 5.34. The fraction of sp³-hybridized carbons (Fsp3) is 0.550. The van der Waals surface area contributed by atoms with Gasteiger partial charge in [-0.15, -0.1) is 12.4 Å². The number of piperidine rings is 1. The van der Waals surface area contributed by atoms with Gasteiger partial charge in [0.05, 0.1) is 12.8 Å². The molecule has 1 aliphatic heterocycles. The second kappa shape index (κ2) is 9.28. The summed E-state index contributed by atoms with van der Waals surface area (Å²) in [6, 6.07) is 8.92. The number of benzene rings is 1. The van der Waals surface area contributed by atoms with Gasteiger partial charge in [-0.05, 0) is 30.9 Å². The number of nitrogens with one attached hydrogen (secondary N) is 1. The number of nitrogens with zero attached hydrogens (tertiary/aromatic N) is 3. The molecule has 0 aliphatic carbocycles. The van der Waals surface area contributed by atoms with Crippen LogP contribution in [0.25, 0.3) is 0 Å². The van der Waals surface area contributed by atoms with E-state index >= 15 is 0 Å².